The third kappa shape index (κ3) is 0.894. The number of hydrogen-bond acceptors (Lipinski definition) is 3. The van der Waals surface area contributed by atoms with Gasteiger partial charge < -0.3 is 10.4 Å². The number of phenolic OH excluding ortho intramolecular Hbond substituents is 1. The van der Waals surface area contributed by atoms with Crippen molar-refractivity contribution in [2.24, 2.45) is 0 Å². The number of anilines is 1. The van der Waals surface area contributed by atoms with Crippen molar-refractivity contribution in [3.05, 3.63) is 30.0 Å². The molecule has 0 aliphatic carbocycles. The summed E-state index contributed by atoms with van der Waals surface area (Å²) in [6.45, 7) is 0.947. The minimum absolute atomic E-state index is 0.258. The Bertz CT molecular complexity index is 508. The van der Waals surface area contributed by atoms with E-state index in [4.69, 9.17) is 0 Å². The van der Waals surface area contributed by atoms with E-state index in [0.29, 0.717) is 5.52 Å². The zero-order chi connectivity index (χ0) is 9.54. The highest BCUT2D eigenvalue weighted by Gasteiger charge is 2.16. The van der Waals surface area contributed by atoms with Crippen LogP contribution in [0.15, 0.2) is 24.4 Å². The number of fused-ring (bicyclic) bond motifs is 3. The SMILES string of the molecule is Oc1cc2c(c3cccnc13)CCN2. The summed E-state index contributed by atoms with van der Waals surface area (Å²) in [4.78, 5) is 4.18. The molecule has 3 heteroatoms. The average molecular weight is 186 g/mol. The molecule has 1 aliphatic heterocycles. The zero-order valence-corrected chi connectivity index (χ0v) is 7.62. The van der Waals surface area contributed by atoms with E-state index in [1.807, 2.05) is 12.1 Å². The van der Waals surface area contributed by atoms with Crippen LogP contribution in [0.1, 0.15) is 5.56 Å². The molecule has 70 valence electrons. The monoisotopic (exact) mass is 186 g/mol. The van der Waals surface area contributed by atoms with Gasteiger partial charge in [-0.15, -0.1) is 0 Å². The van der Waals surface area contributed by atoms with Gasteiger partial charge >= 0.3 is 0 Å². The van der Waals surface area contributed by atoms with Crippen LogP contribution in [0.25, 0.3) is 10.9 Å². The van der Waals surface area contributed by atoms with E-state index < -0.39 is 0 Å². The maximum atomic E-state index is 9.73. The fourth-order valence-corrected chi connectivity index (χ4v) is 2.04. The van der Waals surface area contributed by atoms with Crippen LogP contribution in [-0.4, -0.2) is 16.6 Å². The van der Waals surface area contributed by atoms with E-state index in [1.165, 1.54) is 5.56 Å². The maximum absolute atomic E-state index is 9.73. The predicted octanol–water partition coefficient (Wildman–Crippen LogP) is 1.91. The smallest absolute Gasteiger partial charge is 0.143 e. The van der Waals surface area contributed by atoms with Gasteiger partial charge in [0.25, 0.3) is 0 Å². The molecular formula is C11H10N2O. The highest BCUT2D eigenvalue weighted by molar-refractivity contribution is 5.92. The topological polar surface area (TPSA) is 45.2 Å². The summed E-state index contributed by atoms with van der Waals surface area (Å²) in [5.74, 6) is 0.258. The molecule has 2 N–H and O–H groups in total. The first kappa shape index (κ1) is 7.62. The van der Waals surface area contributed by atoms with E-state index in [0.717, 1.165) is 24.0 Å². The van der Waals surface area contributed by atoms with Gasteiger partial charge in [0, 0.05) is 29.9 Å². The van der Waals surface area contributed by atoms with Gasteiger partial charge in [-0.1, -0.05) is 6.07 Å². The molecule has 0 radical (unpaired) electrons. The van der Waals surface area contributed by atoms with E-state index >= 15 is 0 Å². The fourth-order valence-electron chi connectivity index (χ4n) is 2.04. The van der Waals surface area contributed by atoms with Crippen LogP contribution in [0.2, 0.25) is 0 Å². The van der Waals surface area contributed by atoms with E-state index in [2.05, 4.69) is 10.3 Å². The highest BCUT2D eigenvalue weighted by Crippen LogP contribution is 2.35. The summed E-state index contributed by atoms with van der Waals surface area (Å²) in [7, 11) is 0. The Hall–Kier alpha value is -1.77. The van der Waals surface area contributed by atoms with Gasteiger partial charge in [-0.05, 0) is 18.1 Å². The normalized spacial score (nSPS) is 14.0. The molecule has 0 saturated carbocycles. The lowest BCUT2D eigenvalue weighted by molar-refractivity contribution is 0.480. The lowest BCUT2D eigenvalue weighted by atomic mass is 10.1. The molecule has 1 aliphatic rings. The molecule has 0 unspecified atom stereocenters. The number of benzene rings is 1. The lowest BCUT2D eigenvalue weighted by Gasteiger charge is -2.05. The molecule has 2 heterocycles. The molecule has 1 aromatic carbocycles. The van der Waals surface area contributed by atoms with Crippen molar-refractivity contribution < 1.29 is 5.11 Å². The summed E-state index contributed by atoms with van der Waals surface area (Å²) in [5.41, 5.74) is 3.02. The van der Waals surface area contributed by atoms with Crippen LogP contribution in [0, 0.1) is 0 Å². The minimum atomic E-state index is 0.258. The second-order valence-electron chi connectivity index (χ2n) is 3.50. The van der Waals surface area contributed by atoms with Crippen LogP contribution >= 0.6 is 0 Å². The number of pyridine rings is 1. The number of aromatic nitrogens is 1. The molecular weight excluding hydrogens is 176 g/mol. The second-order valence-corrected chi connectivity index (χ2v) is 3.50. The molecule has 0 fully saturated rings. The largest absolute Gasteiger partial charge is 0.506 e. The van der Waals surface area contributed by atoms with Crippen LogP contribution in [0.3, 0.4) is 0 Å². The van der Waals surface area contributed by atoms with Crippen molar-refractivity contribution >= 4 is 16.6 Å². The number of nitrogens with zero attached hydrogens (tertiary/aromatic N) is 1. The Morgan fingerprint density at radius 1 is 1.43 bits per heavy atom. The Labute approximate surface area is 81.4 Å². The standard InChI is InChI=1S/C11H10N2O/c14-10-6-9-7(3-5-12-9)8-2-1-4-13-11(8)10/h1-2,4,6,12,14H,3,5H2. The van der Waals surface area contributed by atoms with Crippen molar-refractivity contribution in [3.63, 3.8) is 0 Å². The Kier molecular flexibility index (Phi) is 1.42. The van der Waals surface area contributed by atoms with E-state index in [1.54, 1.807) is 12.3 Å². The Morgan fingerprint density at radius 2 is 2.36 bits per heavy atom. The third-order valence-electron chi connectivity index (χ3n) is 2.67. The fraction of sp³-hybridized carbons (Fsp3) is 0.182. The van der Waals surface area contributed by atoms with Crippen molar-refractivity contribution in [1.29, 1.82) is 0 Å². The average Bonchev–Trinajstić information content (AvgIpc) is 2.66. The van der Waals surface area contributed by atoms with Crippen LogP contribution in [0.4, 0.5) is 5.69 Å². The van der Waals surface area contributed by atoms with Crippen LogP contribution < -0.4 is 5.32 Å². The summed E-state index contributed by atoms with van der Waals surface area (Å²) in [6.07, 6.45) is 2.72. The number of rotatable bonds is 0. The number of aromatic hydroxyl groups is 1. The molecule has 3 nitrogen and oxygen atoms in total. The predicted molar refractivity (Wildman–Crippen MR) is 55.6 cm³/mol. The van der Waals surface area contributed by atoms with Gasteiger partial charge in [0.05, 0.1) is 0 Å². The van der Waals surface area contributed by atoms with Crippen LogP contribution in [0.5, 0.6) is 5.75 Å². The lowest BCUT2D eigenvalue weighted by Crippen LogP contribution is -1.90. The minimum Gasteiger partial charge on any atom is -0.506 e. The van der Waals surface area contributed by atoms with Gasteiger partial charge in [0.15, 0.2) is 0 Å². The highest BCUT2D eigenvalue weighted by atomic mass is 16.3. The molecule has 2 aromatic rings. The Balaban J connectivity index is 2.47. The third-order valence-corrected chi connectivity index (χ3v) is 2.67. The van der Waals surface area contributed by atoms with Gasteiger partial charge in [-0.25, -0.2) is 0 Å². The second kappa shape index (κ2) is 2.61. The molecule has 0 amide bonds. The van der Waals surface area contributed by atoms with Gasteiger partial charge in [-0.3, -0.25) is 4.98 Å². The summed E-state index contributed by atoms with van der Waals surface area (Å²) in [6, 6.07) is 5.67. The summed E-state index contributed by atoms with van der Waals surface area (Å²) < 4.78 is 0. The van der Waals surface area contributed by atoms with Crippen LogP contribution in [-0.2, 0) is 6.42 Å². The number of phenols is 1. The van der Waals surface area contributed by atoms with Gasteiger partial charge in [0.1, 0.15) is 11.3 Å². The molecule has 0 saturated heterocycles. The van der Waals surface area contributed by atoms with E-state index in [-0.39, 0.29) is 5.75 Å². The maximum Gasteiger partial charge on any atom is 0.143 e. The van der Waals surface area contributed by atoms with Crippen molar-refractivity contribution in [1.82, 2.24) is 4.98 Å². The number of nitrogens with one attached hydrogen (secondary N) is 1. The molecule has 1 aromatic heterocycles. The molecule has 3 rings (SSSR count). The van der Waals surface area contributed by atoms with Crippen molar-refractivity contribution in [2.75, 3.05) is 11.9 Å². The summed E-state index contributed by atoms with van der Waals surface area (Å²) in [5, 5.41) is 14.0. The Morgan fingerprint density at radius 3 is 3.29 bits per heavy atom. The first-order valence-corrected chi connectivity index (χ1v) is 4.70. The molecule has 0 bridgehead atoms. The number of hydrogen-bond donors (Lipinski definition) is 2. The molecule has 0 atom stereocenters. The van der Waals surface area contributed by atoms with Crippen molar-refractivity contribution in [3.8, 4) is 5.75 Å². The zero-order valence-electron chi connectivity index (χ0n) is 7.62. The van der Waals surface area contributed by atoms with E-state index in [9.17, 15) is 5.11 Å². The first-order chi connectivity index (χ1) is 6.86. The summed E-state index contributed by atoms with van der Waals surface area (Å²) >= 11 is 0. The quantitative estimate of drug-likeness (QED) is 0.660. The van der Waals surface area contributed by atoms with Gasteiger partial charge in [0.2, 0.25) is 0 Å². The van der Waals surface area contributed by atoms with Gasteiger partial charge in [-0.2, -0.15) is 0 Å². The van der Waals surface area contributed by atoms with Crippen molar-refractivity contribution in [2.45, 2.75) is 6.42 Å². The molecule has 14 heavy (non-hydrogen) atoms. The first-order valence-electron chi connectivity index (χ1n) is 4.70. The molecule has 0 spiro atoms.